The van der Waals surface area contributed by atoms with Gasteiger partial charge in [0.05, 0.1) is 5.54 Å². The number of rotatable bonds is 1. The maximum atomic E-state index is 5.95. The molecule has 1 aliphatic heterocycles. The van der Waals surface area contributed by atoms with Crippen LogP contribution in [0.5, 0.6) is 0 Å². The molecule has 1 N–H and O–H groups in total. The zero-order valence-corrected chi connectivity index (χ0v) is 12.8. The normalized spacial score (nSPS) is 16.1. The molecule has 0 radical (unpaired) electrons. The van der Waals surface area contributed by atoms with Crippen LogP contribution in [0.15, 0.2) is 48.5 Å². The molecule has 0 saturated heterocycles. The number of hydrogen-bond acceptors (Lipinski definition) is 1. The van der Waals surface area contributed by atoms with E-state index in [1.54, 1.807) is 0 Å². The highest BCUT2D eigenvalue weighted by Gasteiger charge is 2.22. The van der Waals surface area contributed by atoms with Gasteiger partial charge in [-0.15, -0.1) is 0 Å². The van der Waals surface area contributed by atoms with Gasteiger partial charge in [0.15, 0.2) is 0 Å². The molecule has 1 heterocycles. The van der Waals surface area contributed by atoms with E-state index in [1.807, 2.05) is 12.1 Å². The highest BCUT2D eigenvalue weighted by Crippen LogP contribution is 2.36. The van der Waals surface area contributed by atoms with Crippen LogP contribution in [0.2, 0.25) is 5.02 Å². The smallest absolute Gasteiger partial charge is 0.0505 e. The molecule has 20 heavy (non-hydrogen) atoms. The molecule has 0 spiro atoms. The fourth-order valence-electron chi connectivity index (χ4n) is 2.80. The summed E-state index contributed by atoms with van der Waals surface area (Å²) in [5.74, 6) is 0. The van der Waals surface area contributed by atoms with Crippen molar-refractivity contribution in [1.29, 1.82) is 0 Å². The first kappa shape index (κ1) is 13.3. The number of benzene rings is 2. The summed E-state index contributed by atoms with van der Waals surface area (Å²) in [6, 6.07) is 14.5. The van der Waals surface area contributed by atoms with E-state index in [0.717, 1.165) is 5.02 Å². The standard InChI is InChI=1S/C18H18ClN/c1-12-11-18(2,3)20-17-9-6-14(10-16(12)17)13-4-7-15(19)8-5-13/h4-11,20H,1-3H3. The molecule has 0 aromatic heterocycles. The van der Waals surface area contributed by atoms with E-state index >= 15 is 0 Å². The third-order valence-corrected chi connectivity index (χ3v) is 3.91. The number of anilines is 1. The number of nitrogens with one attached hydrogen (secondary N) is 1. The van der Waals surface area contributed by atoms with E-state index in [-0.39, 0.29) is 5.54 Å². The van der Waals surface area contributed by atoms with Crippen molar-refractivity contribution >= 4 is 22.9 Å². The molecule has 2 aromatic carbocycles. The van der Waals surface area contributed by atoms with E-state index in [9.17, 15) is 0 Å². The molecule has 0 saturated carbocycles. The topological polar surface area (TPSA) is 12.0 Å². The Morgan fingerprint density at radius 2 is 1.60 bits per heavy atom. The van der Waals surface area contributed by atoms with Gasteiger partial charge in [-0.1, -0.05) is 35.9 Å². The van der Waals surface area contributed by atoms with Gasteiger partial charge in [0.2, 0.25) is 0 Å². The zero-order chi connectivity index (χ0) is 14.3. The second-order valence-electron chi connectivity index (χ2n) is 5.94. The summed E-state index contributed by atoms with van der Waals surface area (Å²) in [6.45, 7) is 6.55. The second kappa shape index (κ2) is 4.68. The van der Waals surface area contributed by atoms with Gasteiger partial charge in [-0.05, 0) is 61.7 Å². The van der Waals surface area contributed by atoms with Gasteiger partial charge in [0.1, 0.15) is 0 Å². The molecule has 0 atom stereocenters. The van der Waals surface area contributed by atoms with Gasteiger partial charge in [-0.3, -0.25) is 0 Å². The molecule has 2 aromatic rings. The lowest BCUT2D eigenvalue weighted by Crippen LogP contribution is -2.31. The summed E-state index contributed by atoms with van der Waals surface area (Å²) in [4.78, 5) is 0. The molecule has 1 aliphatic rings. The SMILES string of the molecule is CC1=CC(C)(C)Nc2ccc(-c3ccc(Cl)cc3)cc21. The first-order valence-corrected chi connectivity index (χ1v) is 7.20. The van der Waals surface area contributed by atoms with Crippen molar-refractivity contribution in [3.05, 3.63) is 59.1 Å². The fourth-order valence-corrected chi connectivity index (χ4v) is 2.93. The maximum Gasteiger partial charge on any atom is 0.0505 e. The molecule has 2 heteroatoms. The molecule has 0 unspecified atom stereocenters. The monoisotopic (exact) mass is 283 g/mol. The van der Waals surface area contributed by atoms with Crippen LogP contribution in [0.1, 0.15) is 26.3 Å². The summed E-state index contributed by atoms with van der Waals surface area (Å²) in [5.41, 5.74) is 6.22. The summed E-state index contributed by atoms with van der Waals surface area (Å²) < 4.78 is 0. The Morgan fingerprint density at radius 1 is 0.950 bits per heavy atom. The first-order valence-electron chi connectivity index (χ1n) is 6.83. The summed E-state index contributed by atoms with van der Waals surface area (Å²) in [5, 5.41) is 4.33. The average molecular weight is 284 g/mol. The van der Waals surface area contributed by atoms with E-state index in [2.05, 4.69) is 62.5 Å². The largest absolute Gasteiger partial charge is 0.376 e. The van der Waals surface area contributed by atoms with Gasteiger partial charge in [0, 0.05) is 16.3 Å². The number of halogens is 1. The molecular weight excluding hydrogens is 266 g/mol. The Balaban J connectivity index is 2.06. The third-order valence-electron chi connectivity index (χ3n) is 3.66. The Labute approximate surface area is 125 Å². The van der Waals surface area contributed by atoms with Gasteiger partial charge in [-0.25, -0.2) is 0 Å². The molecule has 0 bridgehead atoms. The number of allylic oxidation sites excluding steroid dienone is 1. The lowest BCUT2D eigenvalue weighted by atomic mass is 9.89. The van der Waals surface area contributed by atoms with Crippen LogP contribution in [0.4, 0.5) is 5.69 Å². The maximum absolute atomic E-state index is 5.95. The van der Waals surface area contributed by atoms with Crippen molar-refractivity contribution in [3.8, 4) is 11.1 Å². The van der Waals surface area contributed by atoms with Gasteiger partial charge in [-0.2, -0.15) is 0 Å². The van der Waals surface area contributed by atoms with Crippen molar-refractivity contribution in [3.63, 3.8) is 0 Å². The summed E-state index contributed by atoms with van der Waals surface area (Å²) in [6.07, 6.45) is 2.28. The molecule has 3 rings (SSSR count). The predicted octanol–water partition coefficient (Wildman–Crippen LogP) is 5.61. The minimum atomic E-state index is 0.0128. The summed E-state index contributed by atoms with van der Waals surface area (Å²) >= 11 is 5.95. The van der Waals surface area contributed by atoms with Crippen LogP contribution in [-0.2, 0) is 0 Å². The predicted molar refractivity (Wildman–Crippen MR) is 88.2 cm³/mol. The lowest BCUT2D eigenvalue weighted by molar-refractivity contribution is 0.707. The second-order valence-corrected chi connectivity index (χ2v) is 6.38. The molecule has 0 fully saturated rings. The van der Waals surface area contributed by atoms with E-state index < -0.39 is 0 Å². The Morgan fingerprint density at radius 3 is 2.30 bits per heavy atom. The minimum Gasteiger partial charge on any atom is -0.376 e. The zero-order valence-electron chi connectivity index (χ0n) is 12.0. The minimum absolute atomic E-state index is 0.0128. The van der Waals surface area contributed by atoms with Crippen LogP contribution in [-0.4, -0.2) is 5.54 Å². The Bertz CT molecular complexity index is 681. The van der Waals surface area contributed by atoms with Crippen molar-refractivity contribution in [2.45, 2.75) is 26.3 Å². The number of hydrogen-bond donors (Lipinski definition) is 1. The van der Waals surface area contributed by atoms with E-state index in [1.165, 1.54) is 28.0 Å². The van der Waals surface area contributed by atoms with Crippen molar-refractivity contribution in [2.24, 2.45) is 0 Å². The molecule has 0 amide bonds. The van der Waals surface area contributed by atoms with Gasteiger partial charge >= 0.3 is 0 Å². The molecule has 0 aliphatic carbocycles. The Hall–Kier alpha value is -1.73. The quantitative estimate of drug-likeness (QED) is 0.717. The molecule has 102 valence electrons. The van der Waals surface area contributed by atoms with Gasteiger partial charge in [0.25, 0.3) is 0 Å². The highest BCUT2D eigenvalue weighted by atomic mass is 35.5. The van der Waals surface area contributed by atoms with E-state index in [4.69, 9.17) is 11.6 Å². The average Bonchev–Trinajstić information content (AvgIpc) is 2.38. The third kappa shape index (κ3) is 2.46. The number of fused-ring (bicyclic) bond motifs is 1. The first-order chi connectivity index (χ1) is 9.44. The van der Waals surface area contributed by atoms with Crippen LogP contribution >= 0.6 is 11.6 Å². The van der Waals surface area contributed by atoms with Crippen molar-refractivity contribution in [1.82, 2.24) is 0 Å². The van der Waals surface area contributed by atoms with E-state index in [0.29, 0.717) is 0 Å². The molecule has 1 nitrogen and oxygen atoms in total. The van der Waals surface area contributed by atoms with Crippen LogP contribution in [0, 0.1) is 0 Å². The Kier molecular flexibility index (Phi) is 3.10. The van der Waals surface area contributed by atoms with Crippen molar-refractivity contribution in [2.75, 3.05) is 5.32 Å². The fraction of sp³-hybridized carbons (Fsp3) is 0.222. The van der Waals surface area contributed by atoms with Crippen LogP contribution in [0.25, 0.3) is 16.7 Å². The lowest BCUT2D eigenvalue weighted by Gasteiger charge is -2.31. The van der Waals surface area contributed by atoms with Gasteiger partial charge < -0.3 is 5.32 Å². The molecular formula is C18H18ClN. The highest BCUT2D eigenvalue weighted by molar-refractivity contribution is 6.30. The summed E-state index contributed by atoms with van der Waals surface area (Å²) in [7, 11) is 0. The van der Waals surface area contributed by atoms with Crippen LogP contribution < -0.4 is 5.32 Å². The van der Waals surface area contributed by atoms with Crippen LogP contribution in [0.3, 0.4) is 0 Å². The van der Waals surface area contributed by atoms with Crippen molar-refractivity contribution < 1.29 is 0 Å².